The van der Waals surface area contributed by atoms with Gasteiger partial charge >= 0.3 is 0 Å². The summed E-state index contributed by atoms with van der Waals surface area (Å²) in [6.07, 6.45) is 5.09. The van der Waals surface area contributed by atoms with E-state index in [1.165, 1.54) is 42.2 Å². The fourth-order valence-electron chi connectivity index (χ4n) is 4.95. The monoisotopic (exact) mass is 435 g/mol. The number of hydrogen-bond donors (Lipinski definition) is 1. The number of unbranched alkanes of at least 4 members (excludes halogenated alkanes) is 3. The summed E-state index contributed by atoms with van der Waals surface area (Å²) in [7, 11) is -1.73. The van der Waals surface area contributed by atoms with Crippen LogP contribution in [0.25, 0.3) is 5.57 Å². The van der Waals surface area contributed by atoms with Crippen LogP contribution < -0.4 is 4.98 Å². The van der Waals surface area contributed by atoms with Crippen molar-refractivity contribution in [1.29, 1.82) is 0 Å². The van der Waals surface area contributed by atoms with Crippen LogP contribution in [-0.4, -0.2) is 26.0 Å². The van der Waals surface area contributed by atoms with Gasteiger partial charge in [-0.25, -0.2) is 0 Å². The molecule has 166 valence electrons. The van der Waals surface area contributed by atoms with Crippen LogP contribution in [0.1, 0.15) is 102 Å². The van der Waals surface area contributed by atoms with Crippen LogP contribution in [0.3, 0.4) is 0 Å². The van der Waals surface area contributed by atoms with Gasteiger partial charge in [-0.3, -0.25) is 0 Å². The number of thiophene rings is 1. The second-order valence-electron chi connectivity index (χ2n) is 11.3. The molecule has 2 atom stereocenters. The number of aryl methyl sites for hydroxylation is 1. The van der Waals surface area contributed by atoms with Gasteiger partial charge in [-0.2, -0.15) is 0 Å². The zero-order valence-electron chi connectivity index (χ0n) is 20.7. The Kier molecular flexibility index (Phi) is 8.03. The maximum Gasteiger partial charge on any atom is 0.134 e. The molecule has 0 aliphatic heterocycles. The highest BCUT2D eigenvalue weighted by Gasteiger charge is 2.45. The van der Waals surface area contributed by atoms with E-state index in [4.69, 9.17) is 4.74 Å². The van der Waals surface area contributed by atoms with Crippen LogP contribution in [0.15, 0.2) is 11.6 Å². The highest BCUT2D eigenvalue weighted by atomic mass is 32.1. The van der Waals surface area contributed by atoms with E-state index in [0.29, 0.717) is 5.54 Å². The van der Waals surface area contributed by atoms with Crippen LogP contribution in [0.5, 0.6) is 0 Å². The van der Waals surface area contributed by atoms with Gasteiger partial charge in [0.05, 0.1) is 5.60 Å². The molecule has 0 amide bonds. The van der Waals surface area contributed by atoms with Gasteiger partial charge in [0.1, 0.15) is 8.24 Å². The molecule has 0 saturated carbocycles. The van der Waals surface area contributed by atoms with Gasteiger partial charge in [0.2, 0.25) is 0 Å². The lowest BCUT2D eigenvalue weighted by Crippen LogP contribution is -2.60. The first-order valence-corrected chi connectivity index (χ1v) is 15.0. The van der Waals surface area contributed by atoms with Gasteiger partial charge in [0.15, 0.2) is 0 Å². The van der Waals surface area contributed by atoms with Crippen molar-refractivity contribution in [3.05, 3.63) is 27.0 Å². The van der Waals surface area contributed by atoms with Gasteiger partial charge < -0.3 is 9.72 Å². The van der Waals surface area contributed by atoms with E-state index in [0.717, 1.165) is 6.61 Å². The minimum atomic E-state index is -1.73. The van der Waals surface area contributed by atoms with Gasteiger partial charge in [-0.1, -0.05) is 31.4 Å². The summed E-state index contributed by atoms with van der Waals surface area (Å²) >= 11 is 1.99. The van der Waals surface area contributed by atoms with E-state index in [9.17, 15) is 0 Å². The van der Waals surface area contributed by atoms with Crippen molar-refractivity contribution in [2.24, 2.45) is 0 Å². The summed E-state index contributed by atoms with van der Waals surface area (Å²) in [5.74, 6) is 0. The van der Waals surface area contributed by atoms with Gasteiger partial charge in [-0.15, -0.1) is 11.3 Å². The van der Waals surface area contributed by atoms with E-state index in [-0.39, 0.29) is 11.1 Å². The first-order valence-electron chi connectivity index (χ1n) is 11.4. The molecular formula is C25H45NOSSi. The molecule has 0 spiro atoms. The number of allylic oxidation sites excluding steroid dienone is 2. The highest BCUT2D eigenvalue weighted by Crippen LogP contribution is 2.50. The maximum atomic E-state index is 5.88. The number of fused-ring (bicyclic) bond motifs is 1. The fraction of sp³-hybridized carbons (Fsp3) is 0.760. The minimum absolute atomic E-state index is 0.0112. The predicted molar refractivity (Wildman–Crippen MR) is 134 cm³/mol. The van der Waals surface area contributed by atoms with Gasteiger partial charge in [0, 0.05) is 27.4 Å². The van der Waals surface area contributed by atoms with Gasteiger partial charge in [0.25, 0.3) is 0 Å². The van der Waals surface area contributed by atoms with Crippen molar-refractivity contribution in [3.63, 3.8) is 0 Å². The second kappa shape index (κ2) is 9.38. The smallest absolute Gasteiger partial charge is 0.134 e. The quantitative estimate of drug-likeness (QED) is 0.315. The third-order valence-corrected chi connectivity index (χ3v) is 11.9. The predicted octanol–water partition coefficient (Wildman–Crippen LogP) is 7.83. The number of hydrogen-bond acceptors (Lipinski definition) is 3. The van der Waals surface area contributed by atoms with Crippen LogP contribution in [0.4, 0.5) is 0 Å². The molecule has 2 rings (SSSR count). The van der Waals surface area contributed by atoms with E-state index < -0.39 is 8.24 Å². The summed E-state index contributed by atoms with van der Waals surface area (Å²) in [5.41, 5.74) is 5.54. The van der Waals surface area contributed by atoms with Gasteiger partial charge in [-0.05, 0) is 92.0 Å². The summed E-state index contributed by atoms with van der Waals surface area (Å²) in [5, 5.41) is 0. The summed E-state index contributed by atoms with van der Waals surface area (Å²) < 4.78 is 5.88. The number of ether oxygens (including phenoxy) is 1. The van der Waals surface area contributed by atoms with Crippen molar-refractivity contribution in [2.75, 3.05) is 6.61 Å². The van der Waals surface area contributed by atoms with Crippen molar-refractivity contribution in [2.45, 2.75) is 117 Å². The molecule has 2 nitrogen and oxygen atoms in total. The topological polar surface area (TPSA) is 21.3 Å². The molecule has 29 heavy (non-hydrogen) atoms. The SMILES string of the molecule is CC1=C(C)C([Si](C)(CCCCCCOC(C)(C)C)NC(C)(C)C)c2cc(C)sc21. The maximum absolute atomic E-state index is 5.88. The van der Waals surface area contributed by atoms with Crippen molar-refractivity contribution < 1.29 is 4.74 Å². The zero-order chi connectivity index (χ0) is 22.0. The fourth-order valence-corrected chi connectivity index (χ4v) is 11.5. The summed E-state index contributed by atoms with van der Waals surface area (Å²) in [6.45, 7) is 23.9. The van der Waals surface area contributed by atoms with Crippen LogP contribution in [0, 0.1) is 6.92 Å². The lowest BCUT2D eigenvalue weighted by molar-refractivity contribution is -0.00471. The van der Waals surface area contributed by atoms with E-state index in [2.05, 4.69) is 79.9 Å². The normalized spacial score (nSPS) is 19.6. The summed E-state index contributed by atoms with van der Waals surface area (Å²) in [6, 6.07) is 3.82. The van der Waals surface area contributed by atoms with Crippen molar-refractivity contribution in [3.8, 4) is 0 Å². The van der Waals surface area contributed by atoms with E-state index in [1.807, 2.05) is 11.3 Å². The number of rotatable bonds is 9. The molecule has 1 aromatic rings. The first-order chi connectivity index (χ1) is 13.2. The Hall–Kier alpha value is -0.423. The Morgan fingerprint density at radius 2 is 1.62 bits per heavy atom. The van der Waals surface area contributed by atoms with Crippen molar-refractivity contribution >= 4 is 25.1 Å². The molecule has 0 saturated heterocycles. The van der Waals surface area contributed by atoms with Crippen LogP contribution >= 0.6 is 11.3 Å². The van der Waals surface area contributed by atoms with Crippen LogP contribution in [-0.2, 0) is 4.74 Å². The van der Waals surface area contributed by atoms with E-state index >= 15 is 0 Å². The highest BCUT2D eigenvalue weighted by molar-refractivity contribution is 7.13. The number of nitrogens with one attached hydrogen (secondary N) is 1. The zero-order valence-corrected chi connectivity index (χ0v) is 22.5. The lowest BCUT2D eigenvalue weighted by atomic mass is 10.1. The largest absolute Gasteiger partial charge is 0.376 e. The lowest BCUT2D eigenvalue weighted by Gasteiger charge is -2.41. The third-order valence-electron chi connectivity index (χ3n) is 5.98. The molecule has 0 fully saturated rings. The molecular weight excluding hydrogens is 390 g/mol. The van der Waals surface area contributed by atoms with Crippen molar-refractivity contribution in [1.82, 2.24) is 4.98 Å². The minimum Gasteiger partial charge on any atom is -0.376 e. The molecule has 0 radical (unpaired) electrons. The third kappa shape index (κ3) is 6.78. The van der Waals surface area contributed by atoms with Crippen LogP contribution in [0.2, 0.25) is 12.6 Å². The summed E-state index contributed by atoms with van der Waals surface area (Å²) in [4.78, 5) is 7.19. The molecule has 0 aromatic carbocycles. The molecule has 1 heterocycles. The second-order valence-corrected chi connectivity index (χ2v) is 16.7. The standard InChI is InChI=1S/C25H45NOSSi/c1-18-17-21-22(28-18)19(2)20(3)23(21)29(10,26-24(4,5)6)16-14-12-11-13-15-27-25(7,8)9/h17,23,26H,11-16H2,1-10H3. The Bertz CT molecular complexity index is 722. The molecule has 1 aliphatic rings. The Morgan fingerprint density at radius 3 is 2.21 bits per heavy atom. The first kappa shape index (κ1) is 24.8. The molecule has 1 aromatic heterocycles. The Morgan fingerprint density at radius 1 is 1.00 bits per heavy atom. The molecule has 1 aliphatic carbocycles. The molecule has 2 unspecified atom stereocenters. The molecule has 1 N–H and O–H groups in total. The Labute approximate surface area is 185 Å². The average Bonchev–Trinajstić information content (AvgIpc) is 3.01. The van der Waals surface area contributed by atoms with E-state index in [1.54, 1.807) is 16.0 Å². The Balaban J connectivity index is 2.06. The molecule has 4 heteroatoms. The average molecular weight is 436 g/mol. The molecule has 0 bridgehead atoms.